The Hall–Kier alpha value is 0.303. The fourth-order valence-electron chi connectivity index (χ4n) is 0.485. The number of nitrogens with zero attached hydrogens (tertiary/aromatic N) is 1. The summed E-state index contributed by atoms with van der Waals surface area (Å²) in [6.45, 7) is 0. The fraction of sp³-hybridized carbons (Fsp3) is 0.167. The Morgan fingerprint density at radius 1 is 1.10 bits per heavy atom. The van der Waals surface area contributed by atoms with E-state index in [1.165, 1.54) is 0 Å². The molecule has 0 saturated carbocycles. The van der Waals surface area contributed by atoms with Gasteiger partial charge in [0.25, 0.3) is 0 Å². The van der Waals surface area contributed by atoms with E-state index < -0.39 is 0 Å². The molecule has 4 heteroatoms. The molecular formula is C6H8INOZn. The number of pyridine rings is 1. The van der Waals surface area contributed by atoms with E-state index >= 15 is 0 Å². The van der Waals surface area contributed by atoms with Gasteiger partial charge in [-0.1, -0.05) is 6.07 Å². The van der Waals surface area contributed by atoms with E-state index in [-0.39, 0.29) is 42.2 Å². The van der Waals surface area contributed by atoms with Crippen LogP contribution in [0.5, 0.6) is 0 Å². The summed E-state index contributed by atoms with van der Waals surface area (Å²) in [5, 5.41) is 0. The standard InChI is InChI=1S/C6H8N.HI.O.Zn/c1-7-5-3-2-4-6-7;;;/h2-6H,1H3;1H;;/q+1;;;/p-1. The third-order valence-corrected chi connectivity index (χ3v) is 0.865. The van der Waals surface area contributed by atoms with Crippen LogP contribution >= 0.6 is 0 Å². The van der Waals surface area contributed by atoms with Crippen molar-refractivity contribution in [2.75, 3.05) is 0 Å². The molecule has 1 rings (SSSR count). The molecule has 0 atom stereocenters. The van der Waals surface area contributed by atoms with Crippen LogP contribution in [0.25, 0.3) is 0 Å². The van der Waals surface area contributed by atoms with Gasteiger partial charge in [-0.05, 0) is 0 Å². The number of aromatic nitrogens is 1. The van der Waals surface area contributed by atoms with Crippen LogP contribution in [-0.2, 0) is 28.9 Å². The zero-order chi connectivity index (χ0) is 7.11. The molecule has 0 radical (unpaired) electrons. The monoisotopic (exact) mass is 301 g/mol. The molecule has 0 amide bonds. The minimum absolute atomic E-state index is 0. The molecule has 0 N–H and O–H groups in total. The van der Waals surface area contributed by atoms with Crippen molar-refractivity contribution in [3.8, 4) is 0 Å². The Balaban J connectivity index is 0. The van der Waals surface area contributed by atoms with Gasteiger partial charge in [0, 0.05) is 12.1 Å². The summed E-state index contributed by atoms with van der Waals surface area (Å²) in [6.07, 6.45) is 4.00. The maximum atomic E-state index is 8.38. The van der Waals surface area contributed by atoms with Gasteiger partial charge in [0.2, 0.25) is 0 Å². The summed E-state index contributed by atoms with van der Waals surface area (Å²) in [5.41, 5.74) is 0. The van der Waals surface area contributed by atoms with E-state index in [9.17, 15) is 0 Å². The second kappa shape index (κ2) is 9.30. The molecule has 52 valence electrons. The summed E-state index contributed by atoms with van der Waals surface area (Å²) in [7, 11) is 2.00. The molecule has 1 heterocycles. The first-order valence-corrected chi connectivity index (χ1v) is 3.80. The summed E-state index contributed by atoms with van der Waals surface area (Å²) >= 11 is 0.125. The Labute approximate surface area is 87.6 Å². The van der Waals surface area contributed by atoms with Gasteiger partial charge in [-0.2, -0.15) is 0 Å². The van der Waals surface area contributed by atoms with Gasteiger partial charge in [0.1, 0.15) is 7.05 Å². The summed E-state index contributed by atoms with van der Waals surface area (Å²) in [5.74, 6) is 0. The molecule has 2 nitrogen and oxygen atoms in total. The predicted octanol–water partition coefficient (Wildman–Crippen LogP) is -2.61. The maximum absolute atomic E-state index is 8.38. The van der Waals surface area contributed by atoms with Gasteiger partial charge in [-0.15, -0.1) is 0 Å². The average molecular weight is 302 g/mol. The van der Waals surface area contributed by atoms with Crippen LogP contribution in [0.2, 0.25) is 0 Å². The molecule has 1 aromatic heterocycles. The van der Waals surface area contributed by atoms with Crippen LogP contribution < -0.4 is 28.5 Å². The van der Waals surface area contributed by atoms with Crippen molar-refractivity contribution in [3.63, 3.8) is 0 Å². The average Bonchev–Trinajstić information content (AvgIpc) is 1.94. The van der Waals surface area contributed by atoms with E-state index in [2.05, 4.69) is 0 Å². The molecule has 0 aliphatic heterocycles. The van der Waals surface area contributed by atoms with Crippen molar-refractivity contribution in [3.05, 3.63) is 30.6 Å². The first-order valence-electron chi connectivity index (χ1n) is 2.59. The van der Waals surface area contributed by atoms with Crippen LogP contribution in [0.4, 0.5) is 0 Å². The number of aryl methyl sites for hydroxylation is 1. The molecule has 0 bridgehead atoms. The molecule has 0 aliphatic rings. The van der Waals surface area contributed by atoms with E-state index in [1.54, 1.807) is 0 Å². The molecule has 0 unspecified atom stereocenters. The number of hydrogen-bond acceptors (Lipinski definition) is 1. The van der Waals surface area contributed by atoms with Crippen molar-refractivity contribution in [1.82, 2.24) is 0 Å². The molecule has 0 aliphatic carbocycles. The third-order valence-electron chi connectivity index (χ3n) is 0.865. The van der Waals surface area contributed by atoms with Crippen molar-refractivity contribution in [2.45, 2.75) is 0 Å². The Morgan fingerprint density at radius 3 is 1.70 bits per heavy atom. The molecule has 0 saturated heterocycles. The van der Waals surface area contributed by atoms with Crippen molar-refractivity contribution in [1.29, 1.82) is 0 Å². The van der Waals surface area contributed by atoms with Gasteiger partial charge < -0.3 is 24.0 Å². The van der Waals surface area contributed by atoms with E-state index in [4.69, 9.17) is 3.57 Å². The Morgan fingerprint density at radius 2 is 1.50 bits per heavy atom. The van der Waals surface area contributed by atoms with Gasteiger partial charge in [-0.3, -0.25) is 0 Å². The van der Waals surface area contributed by atoms with Crippen LogP contribution in [0.15, 0.2) is 30.6 Å². The SMILES string of the molecule is C[n+]1ccccc1.[I-].[O]=[Zn]. The molecule has 10 heavy (non-hydrogen) atoms. The number of rotatable bonds is 0. The van der Waals surface area contributed by atoms with Crippen LogP contribution in [0.3, 0.4) is 0 Å². The first kappa shape index (κ1) is 12.9. The van der Waals surface area contributed by atoms with Gasteiger partial charge >= 0.3 is 21.8 Å². The summed E-state index contributed by atoms with van der Waals surface area (Å²) < 4.78 is 10.4. The van der Waals surface area contributed by atoms with Crippen molar-refractivity contribution < 1.29 is 50.4 Å². The summed E-state index contributed by atoms with van der Waals surface area (Å²) in [6, 6.07) is 6.00. The zero-order valence-corrected chi connectivity index (χ0v) is 11.0. The molecule has 0 aromatic carbocycles. The van der Waals surface area contributed by atoms with Crippen LogP contribution in [-0.4, -0.2) is 0 Å². The van der Waals surface area contributed by atoms with Gasteiger partial charge in [0.05, 0.1) is 0 Å². The van der Waals surface area contributed by atoms with E-state index in [0.717, 1.165) is 0 Å². The van der Waals surface area contributed by atoms with Crippen molar-refractivity contribution in [2.24, 2.45) is 7.05 Å². The zero-order valence-electron chi connectivity index (χ0n) is 5.83. The fourth-order valence-corrected chi connectivity index (χ4v) is 0.485. The minimum atomic E-state index is 0. The number of hydrogen-bond donors (Lipinski definition) is 0. The Kier molecular flexibility index (Phi) is 12.0. The first-order chi connectivity index (χ1) is 4.39. The second-order valence-electron chi connectivity index (χ2n) is 1.54. The molecule has 1 aromatic rings. The predicted molar refractivity (Wildman–Crippen MR) is 28.3 cm³/mol. The molecule has 0 fully saturated rings. The molecular weight excluding hydrogens is 294 g/mol. The van der Waals surface area contributed by atoms with Crippen LogP contribution in [0, 0.1) is 0 Å². The number of halogens is 1. The Bertz CT molecular complexity index is 159. The van der Waals surface area contributed by atoms with E-state index in [1.807, 2.05) is 42.2 Å². The third kappa shape index (κ3) is 6.42. The van der Waals surface area contributed by atoms with Crippen LogP contribution in [0.1, 0.15) is 0 Å². The van der Waals surface area contributed by atoms with Gasteiger partial charge in [-0.25, -0.2) is 4.57 Å². The summed E-state index contributed by atoms with van der Waals surface area (Å²) in [4.78, 5) is 0. The normalized spacial score (nSPS) is 6.70. The van der Waals surface area contributed by atoms with Gasteiger partial charge in [0.15, 0.2) is 12.4 Å². The second-order valence-corrected chi connectivity index (χ2v) is 1.54. The topological polar surface area (TPSA) is 20.9 Å². The van der Waals surface area contributed by atoms with Crippen molar-refractivity contribution >= 4 is 0 Å². The quantitative estimate of drug-likeness (QED) is 0.292. The molecule has 0 spiro atoms. The van der Waals surface area contributed by atoms with E-state index in [0.29, 0.717) is 0 Å².